The van der Waals surface area contributed by atoms with Gasteiger partial charge in [0, 0.05) is 37.8 Å². The number of carbonyl (C=O) groups excluding carboxylic acids is 4. The lowest BCUT2D eigenvalue weighted by molar-refractivity contribution is -0.134. The third kappa shape index (κ3) is 7.90. The molecule has 2 aromatic rings. The van der Waals surface area contributed by atoms with Gasteiger partial charge in [0.15, 0.2) is 11.6 Å². The summed E-state index contributed by atoms with van der Waals surface area (Å²) in [5.41, 5.74) is 1.74. The quantitative estimate of drug-likeness (QED) is 0.307. The van der Waals surface area contributed by atoms with Crippen LogP contribution in [0.1, 0.15) is 64.4 Å². The second-order valence-corrected chi connectivity index (χ2v) is 12.7. The van der Waals surface area contributed by atoms with Crippen LogP contribution in [-0.2, 0) is 35.1 Å². The zero-order valence-electron chi connectivity index (χ0n) is 24.9. The summed E-state index contributed by atoms with van der Waals surface area (Å²) in [7, 11) is 0. The number of rotatable bonds is 15. The van der Waals surface area contributed by atoms with Gasteiger partial charge in [0.05, 0.1) is 49.8 Å². The van der Waals surface area contributed by atoms with Gasteiger partial charge in [-0.3, -0.25) is 24.1 Å². The second-order valence-electron chi connectivity index (χ2n) is 12.7. The summed E-state index contributed by atoms with van der Waals surface area (Å²) in [6.45, 7) is 6.82. The van der Waals surface area contributed by atoms with Gasteiger partial charge in [-0.15, -0.1) is 0 Å². The van der Waals surface area contributed by atoms with Crippen LogP contribution in [0, 0.1) is 17.8 Å². The number of epoxide rings is 1. The third-order valence-corrected chi connectivity index (χ3v) is 9.12. The maximum absolute atomic E-state index is 13.9. The molecule has 1 aromatic heterocycles. The number of nitrogens with one attached hydrogen (secondary N) is 2. The molecule has 0 unspecified atom stereocenters. The fraction of sp³-hybridized carbons (Fsp3) is 0.656. The predicted octanol–water partition coefficient (Wildman–Crippen LogP) is 3.03. The van der Waals surface area contributed by atoms with Crippen molar-refractivity contribution in [1.29, 1.82) is 0 Å². The Morgan fingerprint density at radius 2 is 1.88 bits per heavy atom. The topological polar surface area (TPSA) is 134 Å². The van der Waals surface area contributed by atoms with Crippen molar-refractivity contribution in [3.8, 4) is 0 Å². The normalized spacial score (nSPS) is 23.4. The van der Waals surface area contributed by atoms with Gasteiger partial charge in [-0.2, -0.15) is 0 Å². The summed E-state index contributed by atoms with van der Waals surface area (Å²) in [4.78, 5) is 62.9. The Hall–Kier alpha value is -2.95. The highest BCUT2D eigenvalue weighted by Gasteiger charge is 2.50. The zero-order valence-corrected chi connectivity index (χ0v) is 24.9. The number of H-pyrrole nitrogens is 1. The molecule has 0 spiro atoms. The van der Waals surface area contributed by atoms with Crippen LogP contribution in [0.2, 0.25) is 0 Å². The van der Waals surface area contributed by atoms with E-state index >= 15 is 0 Å². The Morgan fingerprint density at radius 1 is 1.14 bits per heavy atom. The molecule has 5 rings (SSSR count). The lowest BCUT2D eigenvalue weighted by Crippen LogP contribution is -2.46. The summed E-state index contributed by atoms with van der Waals surface area (Å²) in [6.07, 6.45) is 7.22. The Bertz CT molecular complexity index is 1270. The van der Waals surface area contributed by atoms with Gasteiger partial charge < -0.3 is 19.8 Å². The average molecular weight is 581 g/mol. The molecule has 4 atom stereocenters. The Labute approximate surface area is 247 Å². The number of morpholine rings is 1. The lowest BCUT2D eigenvalue weighted by atomic mass is 9.81. The third-order valence-electron chi connectivity index (χ3n) is 9.12. The Kier molecular flexibility index (Phi) is 9.85. The van der Waals surface area contributed by atoms with Crippen molar-refractivity contribution in [1.82, 2.24) is 20.2 Å². The monoisotopic (exact) mass is 580 g/mol. The van der Waals surface area contributed by atoms with E-state index in [1.807, 2.05) is 23.1 Å². The first-order valence-corrected chi connectivity index (χ1v) is 15.5. The summed E-state index contributed by atoms with van der Waals surface area (Å²) >= 11 is 0. The van der Waals surface area contributed by atoms with Crippen LogP contribution < -0.4 is 5.32 Å². The number of ketones is 3. The van der Waals surface area contributed by atoms with E-state index in [0.717, 1.165) is 42.3 Å². The van der Waals surface area contributed by atoms with E-state index in [-0.39, 0.29) is 42.5 Å². The minimum Gasteiger partial charge on any atom is -0.379 e. The van der Waals surface area contributed by atoms with Crippen molar-refractivity contribution in [2.45, 2.75) is 76.9 Å². The molecule has 0 bridgehead atoms. The number of nitrogens with zero attached hydrogens (tertiary/aromatic N) is 2. The van der Waals surface area contributed by atoms with Crippen molar-refractivity contribution in [2.24, 2.45) is 17.8 Å². The molecule has 2 N–H and O–H groups in total. The van der Waals surface area contributed by atoms with Crippen LogP contribution in [0.4, 0.5) is 0 Å². The molecule has 1 saturated carbocycles. The number of fused-ring (bicyclic) bond motifs is 1. The van der Waals surface area contributed by atoms with Crippen LogP contribution in [-0.4, -0.2) is 89.2 Å². The molecule has 2 saturated heterocycles. The summed E-state index contributed by atoms with van der Waals surface area (Å²) < 4.78 is 10.8. The SMILES string of the molecule is C[C@H](CC(=O)CN1CCOCC1)C(=O)N[C@@H](Cc1ccc2nc[nH]c2c1)C(=O)C[C@@H](CC1CCCC1)C(=O)[C@@]1(C)CO1. The fourth-order valence-electron chi connectivity index (χ4n) is 6.41. The average Bonchev–Trinajstić information content (AvgIpc) is 3.32. The number of imidazole rings is 1. The molecule has 228 valence electrons. The number of hydrogen-bond donors (Lipinski definition) is 2. The predicted molar refractivity (Wildman–Crippen MR) is 157 cm³/mol. The molecule has 42 heavy (non-hydrogen) atoms. The number of ether oxygens (including phenoxy) is 2. The zero-order chi connectivity index (χ0) is 29.7. The van der Waals surface area contributed by atoms with Gasteiger partial charge in [-0.25, -0.2) is 4.98 Å². The summed E-state index contributed by atoms with van der Waals surface area (Å²) in [5.74, 6) is -1.10. The highest BCUT2D eigenvalue weighted by Crippen LogP contribution is 2.37. The highest BCUT2D eigenvalue weighted by atomic mass is 16.6. The van der Waals surface area contributed by atoms with Crippen molar-refractivity contribution in [3.63, 3.8) is 0 Å². The van der Waals surface area contributed by atoms with Crippen molar-refractivity contribution >= 4 is 34.3 Å². The Balaban J connectivity index is 1.28. The summed E-state index contributed by atoms with van der Waals surface area (Å²) in [6, 6.07) is 4.91. The molecule has 3 aliphatic rings. The van der Waals surface area contributed by atoms with E-state index in [0.29, 0.717) is 51.8 Å². The molecule has 10 heteroatoms. The summed E-state index contributed by atoms with van der Waals surface area (Å²) in [5, 5.41) is 2.97. The number of amides is 1. The molecule has 1 amide bonds. The molecule has 1 aromatic carbocycles. The first-order valence-electron chi connectivity index (χ1n) is 15.5. The Morgan fingerprint density at radius 3 is 2.60 bits per heavy atom. The van der Waals surface area contributed by atoms with Gasteiger partial charge in [-0.05, 0) is 43.4 Å². The molecule has 1 aliphatic carbocycles. The second kappa shape index (κ2) is 13.6. The van der Waals surface area contributed by atoms with Crippen molar-refractivity contribution in [3.05, 3.63) is 30.1 Å². The maximum atomic E-state index is 13.9. The maximum Gasteiger partial charge on any atom is 0.223 e. The minimum atomic E-state index is -0.818. The van der Waals surface area contributed by atoms with Crippen LogP contribution in [0.3, 0.4) is 0 Å². The van der Waals surface area contributed by atoms with Crippen LogP contribution in [0.15, 0.2) is 24.5 Å². The van der Waals surface area contributed by atoms with E-state index in [4.69, 9.17) is 9.47 Å². The van der Waals surface area contributed by atoms with Gasteiger partial charge in [0.25, 0.3) is 0 Å². The minimum absolute atomic E-state index is 0.00576. The number of Topliss-reactive ketones (excluding diaryl/α,β-unsaturated/α-hetero) is 3. The number of aromatic nitrogens is 2. The standard InChI is InChI=1S/C32H44N4O6/c1-21(13-25(37)18-36-9-11-41-12-10-36)31(40)35-28(16-23-7-8-26-27(15-23)34-20-33-26)29(38)17-24(14-22-5-3-4-6-22)30(39)32(2)19-42-32/h7-8,15,20-22,24,28H,3-6,9-14,16-19H2,1-2H3,(H,33,34)(H,35,40)/t21-,24-,28+,32-/m1/s1. The van der Waals surface area contributed by atoms with Crippen LogP contribution >= 0.6 is 0 Å². The van der Waals surface area contributed by atoms with E-state index in [2.05, 4.69) is 15.3 Å². The number of aromatic amines is 1. The van der Waals surface area contributed by atoms with E-state index < -0.39 is 23.5 Å². The van der Waals surface area contributed by atoms with E-state index in [1.165, 1.54) is 0 Å². The molecular weight excluding hydrogens is 536 g/mol. The molecule has 0 radical (unpaired) electrons. The van der Waals surface area contributed by atoms with Crippen LogP contribution in [0.25, 0.3) is 11.0 Å². The van der Waals surface area contributed by atoms with Gasteiger partial charge >= 0.3 is 0 Å². The van der Waals surface area contributed by atoms with Crippen LogP contribution in [0.5, 0.6) is 0 Å². The van der Waals surface area contributed by atoms with Gasteiger partial charge in [-0.1, -0.05) is 38.7 Å². The fourth-order valence-corrected chi connectivity index (χ4v) is 6.41. The van der Waals surface area contributed by atoms with Gasteiger partial charge in [0.2, 0.25) is 5.91 Å². The number of benzene rings is 1. The first-order chi connectivity index (χ1) is 20.2. The molecule has 3 fully saturated rings. The van der Waals surface area contributed by atoms with E-state index in [1.54, 1.807) is 20.2 Å². The van der Waals surface area contributed by atoms with Crippen molar-refractivity contribution in [2.75, 3.05) is 39.5 Å². The first kappa shape index (κ1) is 30.5. The molecule has 10 nitrogen and oxygen atoms in total. The molecule has 2 aliphatic heterocycles. The van der Waals surface area contributed by atoms with E-state index in [9.17, 15) is 19.2 Å². The smallest absolute Gasteiger partial charge is 0.223 e. The number of hydrogen-bond acceptors (Lipinski definition) is 8. The van der Waals surface area contributed by atoms with Gasteiger partial charge in [0.1, 0.15) is 11.4 Å². The molecule has 3 heterocycles. The largest absolute Gasteiger partial charge is 0.379 e. The lowest BCUT2D eigenvalue weighted by Gasteiger charge is -2.26. The highest BCUT2D eigenvalue weighted by molar-refractivity contribution is 5.97. The molecular formula is C32H44N4O6. The number of carbonyl (C=O) groups is 4. The van der Waals surface area contributed by atoms with Crippen molar-refractivity contribution < 1.29 is 28.7 Å².